The Kier molecular flexibility index (Phi) is 2.14. The molecule has 0 fully saturated rings. The summed E-state index contributed by atoms with van der Waals surface area (Å²) in [5.74, 6) is -3.26. The minimum absolute atomic E-state index is 0.342. The third-order valence-electron chi connectivity index (χ3n) is 2.50. The number of benzene rings is 1. The molecule has 14 heavy (non-hydrogen) atoms. The van der Waals surface area contributed by atoms with Crippen molar-refractivity contribution in [3.05, 3.63) is 28.8 Å². The van der Waals surface area contributed by atoms with Gasteiger partial charge in [0.25, 0.3) is 5.92 Å². The highest BCUT2D eigenvalue weighted by atomic mass is 35.5. The number of hydrogen-bond acceptors (Lipinski definition) is 1. The molecule has 1 heterocycles. The summed E-state index contributed by atoms with van der Waals surface area (Å²) in [6, 6.07) is 4.95. The highest BCUT2D eigenvalue weighted by Gasteiger charge is 2.44. The number of hydrogen-bond donors (Lipinski definition) is 0. The van der Waals surface area contributed by atoms with Crippen molar-refractivity contribution in [3.63, 3.8) is 0 Å². The quantitative estimate of drug-likeness (QED) is 0.648. The van der Waals surface area contributed by atoms with Crippen LogP contribution in [-0.4, -0.2) is 12.5 Å². The first-order valence-corrected chi connectivity index (χ1v) is 4.69. The smallest absolute Gasteiger partial charge is 0.288 e. The normalized spacial score (nSPS) is 23.9. The lowest BCUT2D eigenvalue weighted by molar-refractivity contribution is -0.0722. The van der Waals surface area contributed by atoms with Crippen LogP contribution in [0.1, 0.15) is 18.4 Å². The summed E-state index contributed by atoms with van der Waals surface area (Å²) < 4.78 is 31.5. The molecule has 2 rings (SSSR count). The van der Waals surface area contributed by atoms with Gasteiger partial charge in [-0.1, -0.05) is 24.6 Å². The van der Waals surface area contributed by atoms with Crippen LogP contribution in [0.5, 0.6) is 5.75 Å². The molecule has 1 unspecified atom stereocenters. The minimum Gasteiger partial charge on any atom is -0.487 e. The molecular weight excluding hydrogens is 210 g/mol. The Balaban J connectivity index is 2.54. The maximum absolute atomic E-state index is 13.3. The zero-order chi connectivity index (χ0) is 10.3. The second kappa shape index (κ2) is 3.09. The first-order valence-electron chi connectivity index (χ1n) is 4.31. The summed E-state index contributed by atoms with van der Waals surface area (Å²) >= 11 is 5.85. The van der Waals surface area contributed by atoms with Crippen molar-refractivity contribution in [2.75, 3.05) is 6.61 Å². The van der Waals surface area contributed by atoms with Crippen LogP contribution >= 0.6 is 11.6 Å². The summed E-state index contributed by atoms with van der Waals surface area (Å²) in [6.45, 7) is 0.898. The molecule has 1 aliphatic heterocycles. The van der Waals surface area contributed by atoms with Gasteiger partial charge in [-0.2, -0.15) is 0 Å². The van der Waals surface area contributed by atoms with Crippen LogP contribution in [0.25, 0.3) is 0 Å². The maximum atomic E-state index is 13.3. The van der Waals surface area contributed by atoms with E-state index in [-0.39, 0.29) is 0 Å². The van der Waals surface area contributed by atoms with Crippen LogP contribution in [0.3, 0.4) is 0 Å². The number of fused-ring (bicyclic) bond motifs is 1. The molecule has 0 radical (unpaired) electrons. The molecular formula is C10H9ClF2O. The van der Waals surface area contributed by atoms with E-state index >= 15 is 0 Å². The fourth-order valence-corrected chi connectivity index (χ4v) is 1.90. The van der Waals surface area contributed by atoms with Gasteiger partial charge < -0.3 is 4.74 Å². The molecule has 76 valence electrons. The standard InChI is InChI=1S/C10H9ClF2O/c1-6-9-7(11)3-2-4-8(9)14-5-10(6,12)13/h2-4,6H,5H2,1H3. The van der Waals surface area contributed by atoms with Gasteiger partial charge in [0.1, 0.15) is 5.75 Å². The Morgan fingerprint density at radius 1 is 1.50 bits per heavy atom. The average Bonchev–Trinajstić information content (AvgIpc) is 2.12. The van der Waals surface area contributed by atoms with Crippen molar-refractivity contribution >= 4 is 11.6 Å². The molecule has 0 aromatic heterocycles. The van der Waals surface area contributed by atoms with Crippen LogP contribution in [0.4, 0.5) is 8.78 Å². The zero-order valence-electron chi connectivity index (χ0n) is 7.56. The number of rotatable bonds is 0. The Morgan fingerprint density at radius 3 is 2.93 bits per heavy atom. The predicted molar refractivity (Wildman–Crippen MR) is 50.3 cm³/mol. The van der Waals surface area contributed by atoms with Crippen molar-refractivity contribution in [1.29, 1.82) is 0 Å². The summed E-state index contributed by atoms with van der Waals surface area (Å²) in [7, 11) is 0. The Bertz CT molecular complexity index is 365. The number of ether oxygens (including phenoxy) is 1. The zero-order valence-corrected chi connectivity index (χ0v) is 8.31. The Morgan fingerprint density at radius 2 is 2.21 bits per heavy atom. The van der Waals surface area contributed by atoms with E-state index in [1.165, 1.54) is 6.92 Å². The second-order valence-electron chi connectivity index (χ2n) is 3.42. The number of alkyl halides is 2. The largest absolute Gasteiger partial charge is 0.487 e. The van der Waals surface area contributed by atoms with E-state index in [2.05, 4.69) is 0 Å². The lowest BCUT2D eigenvalue weighted by Gasteiger charge is -2.31. The fourth-order valence-electron chi connectivity index (χ4n) is 1.57. The first-order chi connectivity index (χ1) is 6.52. The van der Waals surface area contributed by atoms with Crippen LogP contribution in [-0.2, 0) is 0 Å². The Hall–Kier alpha value is -0.830. The molecule has 1 aliphatic rings. The highest BCUT2D eigenvalue weighted by Crippen LogP contribution is 2.45. The monoisotopic (exact) mass is 218 g/mol. The number of halogens is 3. The molecule has 1 aromatic rings. The molecule has 0 aliphatic carbocycles. The van der Waals surface area contributed by atoms with E-state index in [1.807, 2.05) is 0 Å². The summed E-state index contributed by atoms with van der Waals surface area (Å²) in [5.41, 5.74) is 0.408. The van der Waals surface area contributed by atoms with Gasteiger partial charge in [0.15, 0.2) is 6.61 Å². The molecule has 0 saturated heterocycles. The van der Waals surface area contributed by atoms with E-state index in [4.69, 9.17) is 16.3 Å². The second-order valence-corrected chi connectivity index (χ2v) is 3.83. The molecule has 1 aromatic carbocycles. The van der Waals surface area contributed by atoms with Gasteiger partial charge in [-0.05, 0) is 12.1 Å². The van der Waals surface area contributed by atoms with Crippen molar-refractivity contribution < 1.29 is 13.5 Å². The lowest BCUT2D eigenvalue weighted by atomic mass is 9.92. The minimum atomic E-state index is -2.84. The molecule has 1 nitrogen and oxygen atoms in total. The summed E-state index contributed by atoms with van der Waals surface area (Å²) in [5, 5.41) is 0.342. The van der Waals surface area contributed by atoms with Gasteiger partial charge >= 0.3 is 0 Å². The molecule has 1 atom stereocenters. The maximum Gasteiger partial charge on any atom is 0.288 e. The van der Waals surface area contributed by atoms with Gasteiger partial charge in [0.2, 0.25) is 0 Å². The topological polar surface area (TPSA) is 9.23 Å². The summed E-state index contributed by atoms with van der Waals surface area (Å²) in [6.07, 6.45) is 0. The third kappa shape index (κ3) is 1.36. The van der Waals surface area contributed by atoms with Crippen LogP contribution in [0.15, 0.2) is 18.2 Å². The molecule has 0 bridgehead atoms. The first kappa shape index (κ1) is 9.71. The van der Waals surface area contributed by atoms with Crippen molar-refractivity contribution in [1.82, 2.24) is 0 Å². The fraction of sp³-hybridized carbons (Fsp3) is 0.400. The predicted octanol–water partition coefficient (Wildman–Crippen LogP) is 3.47. The summed E-state index contributed by atoms with van der Waals surface area (Å²) in [4.78, 5) is 0. The van der Waals surface area contributed by atoms with Gasteiger partial charge in [-0.25, -0.2) is 8.78 Å². The van der Waals surface area contributed by atoms with E-state index in [9.17, 15) is 8.78 Å². The molecule has 0 saturated carbocycles. The van der Waals surface area contributed by atoms with Crippen LogP contribution in [0.2, 0.25) is 5.02 Å². The molecule has 0 spiro atoms. The van der Waals surface area contributed by atoms with Gasteiger partial charge in [0, 0.05) is 10.6 Å². The van der Waals surface area contributed by atoms with Crippen molar-refractivity contribution in [3.8, 4) is 5.75 Å². The van der Waals surface area contributed by atoms with Crippen molar-refractivity contribution in [2.45, 2.75) is 18.8 Å². The Labute approximate surface area is 85.6 Å². The van der Waals surface area contributed by atoms with E-state index in [0.29, 0.717) is 16.3 Å². The average molecular weight is 219 g/mol. The van der Waals surface area contributed by atoms with Gasteiger partial charge in [0.05, 0.1) is 5.92 Å². The van der Waals surface area contributed by atoms with Gasteiger partial charge in [-0.3, -0.25) is 0 Å². The van der Waals surface area contributed by atoms with Crippen LogP contribution in [0, 0.1) is 0 Å². The van der Waals surface area contributed by atoms with Gasteiger partial charge in [-0.15, -0.1) is 0 Å². The molecule has 4 heteroatoms. The highest BCUT2D eigenvalue weighted by molar-refractivity contribution is 6.31. The van der Waals surface area contributed by atoms with E-state index in [1.54, 1.807) is 18.2 Å². The lowest BCUT2D eigenvalue weighted by Crippen LogP contribution is -2.36. The van der Waals surface area contributed by atoms with E-state index < -0.39 is 18.4 Å². The molecule has 0 N–H and O–H groups in total. The van der Waals surface area contributed by atoms with Crippen molar-refractivity contribution in [2.24, 2.45) is 0 Å². The van der Waals surface area contributed by atoms with E-state index in [0.717, 1.165) is 0 Å². The SMILES string of the molecule is CC1c2c(Cl)cccc2OCC1(F)F. The third-order valence-corrected chi connectivity index (χ3v) is 2.83. The van der Waals surface area contributed by atoms with Crippen LogP contribution < -0.4 is 4.74 Å². The molecule has 0 amide bonds.